The second kappa shape index (κ2) is 7.18. The van der Waals surface area contributed by atoms with E-state index in [1.807, 2.05) is 0 Å². The SMILES string of the molecule is COC(=O)c1cccc(N=C[C@@H]2C(=O)NC(=O)N([C@H]3C[C@H]4CC[C@H]3C4)C2=O)c1. The monoisotopic (exact) mass is 383 g/mol. The minimum absolute atomic E-state index is 0.141. The summed E-state index contributed by atoms with van der Waals surface area (Å²) in [5.41, 5.74) is 0.724. The van der Waals surface area contributed by atoms with Crippen LogP contribution in [0, 0.1) is 17.8 Å². The van der Waals surface area contributed by atoms with Crippen molar-refractivity contribution in [2.45, 2.75) is 31.7 Å². The first-order valence-electron chi connectivity index (χ1n) is 9.38. The Morgan fingerprint density at radius 1 is 1.25 bits per heavy atom. The average Bonchev–Trinajstić information content (AvgIpc) is 3.30. The van der Waals surface area contributed by atoms with Crippen LogP contribution in [0.4, 0.5) is 10.5 Å². The highest BCUT2D eigenvalue weighted by Gasteiger charge is 2.50. The summed E-state index contributed by atoms with van der Waals surface area (Å²) in [7, 11) is 1.28. The Bertz CT molecular complexity index is 880. The van der Waals surface area contributed by atoms with Crippen molar-refractivity contribution in [1.82, 2.24) is 10.2 Å². The number of nitrogens with one attached hydrogen (secondary N) is 1. The standard InChI is InChI=1S/C20H21N3O5/c1-28-19(26)13-3-2-4-14(9-13)21-10-15-17(24)22-20(27)23(18(15)25)16-8-11-5-6-12(16)7-11/h2-4,9-12,15-16H,5-8H2,1H3,(H,22,24,27)/t11-,12-,15+,16-/m0/s1. The number of fused-ring (bicyclic) bond motifs is 2. The third-order valence-electron chi connectivity index (χ3n) is 5.91. The Hall–Kier alpha value is -3.03. The van der Waals surface area contributed by atoms with Gasteiger partial charge in [-0.15, -0.1) is 0 Å². The maximum absolute atomic E-state index is 12.9. The lowest BCUT2D eigenvalue weighted by Crippen LogP contribution is -2.62. The lowest BCUT2D eigenvalue weighted by molar-refractivity contribution is -0.141. The average molecular weight is 383 g/mol. The molecule has 0 unspecified atom stereocenters. The molecule has 3 fully saturated rings. The first-order chi connectivity index (χ1) is 13.5. The first-order valence-corrected chi connectivity index (χ1v) is 9.38. The normalized spacial score (nSPS) is 29.5. The predicted octanol–water partition coefficient (Wildman–Crippen LogP) is 2.06. The number of hydrogen-bond acceptors (Lipinski definition) is 6. The minimum Gasteiger partial charge on any atom is -0.465 e. The number of aliphatic imine (C=N–C) groups is 1. The van der Waals surface area contributed by atoms with Gasteiger partial charge in [-0.05, 0) is 49.3 Å². The molecule has 8 nitrogen and oxygen atoms in total. The van der Waals surface area contributed by atoms with E-state index in [-0.39, 0.29) is 6.04 Å². The maximum Gasteiger partial charge on any atom is 0.337 e. The molecule has 2 bridgehead atoms. The molecule has 0 spiro atoms. The van der Waals surface area contributed by atoms with Gasteiger partial charge in [0.1, 0.15) is 0 Å². The minimum atomic E-state index is -1.17. The van der Waals surface area contributed by atoms with Crippen LogP contribution in [0.25, 0.3) is 0 Å². The fraction of sp³-hybridized carbons (Fsp3) is 0.450. The van der Waals surface area contributed by atoms with Crippen LogP contribution in [0.1, 0.15) is 36.0 Å². The van der Waals surface area contributed by atoms with Gasteiger partial charge in [0, 0.05) is 12.3 Å². The zero-order chi connectivity index (χ0) is 19.8. The number of hydrogen-bond donors (Lipinski definition) is 1. The van der Waals surface area contributed by atoms with Gasteiger partial charge >= 0.3 is 12.0 Å². The number of esters is 1. The van der Waals surface area contributed by atoms with E-state index in [2.05, 4.69) is 15.0 Å². The summed E-state index contributed by atoms with van der Waals surface area (Å²) >= 11 is 0. The van der Waals surface area contributed by atoms with Crippen LogP contribution in [-0.4, -0.2) is 48.1 Å². The van der Waals surface area contributed by atoms with Crippen LogP contribution < -0.4 is 5.32 Å². The molecule has 2 aliphatic carbocycles. The molecule has 28 heavy (non-hydrogen) atoms. The summed E-state index contributed by atoms with van der Waals surface area (Å²) in [6, 6.07) is 5.59. The van der Waals surface area contributed by atoms with Crippen LogP contribution in [0.15, 0.2) is 29.3 Å². The highest BCUT2D eigenvalue weighted by molar-refractivity contribution is 6.23. The maximum atomic E-state index is 12.9. The molecular weight excluding hydrogens is 362 g/mol. The summed E-state index contributed by atoms with van der Waals surface area (Å²) < 4.78 is 4.67. The van der Waals surface area contributed by atoms with E-state index in [1.165, 1.54) is 24.3 Å². The van der Waals surface area contributed by atoms with Gasteiger partial charge in [-0.3, -0.25) is 24.8 Å². The number of rotatable bonds is 4. The molecule has 1 aromatic rings. The number of methoxy groups -OCH3 is 1. The van der Waals surface area contributed by atoms with Gasteiger partial charge < -0.3 is 4.74 Å². The van der Waals surface area contributed by atoms with E-state index in [0.717, 1.165) is 25.7 Å². The van der Waals surface area contributed by atoms with Crippen molar-refractivity contribution < 1.29 is 23.9 Å². The molecule has 4 amide bonds. The van der Waals surface area contributed by atoms with Crippen molar-refractivity contribution >= 4 is 35.7 Å². The van der Waals surface area contributed by atoms with Gasteiger partial charge in [-0.1, -0.05) is 12.5 Å². The number of amides is 4. The largest absolute Gasteiger partial charge is 0.465 e. The predicted molar refractivity (Wildman–Crippen MR) is 99.0 cm³/mol. The van der Waals surface area contributed by atoms with Crippen molar-refractivity contribution in [1.29, 1.82) is 0 Å². The van der Waals surface area contributed by atoms with Crippen LogP contribution in [0.2, 0.25) is 0 Å². The van der Waals surface area contributed by atoms with Gasteiger partial charge in [0.2, 0.25) is 11.8 Å². The molecule has 4 rings (SSSR count). The number of barbiturate groups is 1. The summed E-state index contributed by atoms with van der Waals surface area (Å²) in [5, 5.41) is 2.28. The summed E-state index contributed by atoms with van der Waals surface area (Å²) in [4.78, 5) is 54.5. The topological polar surface area (TPSA) is 105 Å². The molecule has 3 aliphatic rings. The van der Waals surface area contributed by atoms with E-state index in [0.29, 0.717) is 23.1 Å². The third kappa shape index (κ3) is 3.19. The number of benzene rings is 1. The molecule has 4 atom stereocenters. The second-order valence-electron chi connectivity index (χ2n) is 7.54. The highest BCUT2D eigenvalue weighted by atomic mass is 16.5. The van der Waals surface area contributed by atoms with Crippen molar-refractivity contribution in [2.24, 2.45) is 22.7 Å². The quantitative estimate of drug-likeness (QED) is 0.487. The van der Waals surface area contributed by atoms with E-state index >= 15 is 0 Å². The lowest BCUT2D eigenvalue weighted by atomic mass is 9.92. The van der Waals surface area contributed by atoms with Crippen molar-refractivity contribution in [3.63, 3.8) is 0 Å². The molecule has 146 valence electrons. The summed E-state index contributed by atoms with van der Waals surface area (Å²) in [6.45, 7) is 0. The molecule has 2 saturated carbocycles. The first kappa shape index (κ1) is 18.3. The fourth-order valence-electron chi connectivity index (χ4n) is 4.57. The molecule has 0 radical (unpaired) electrons. The Labute approximate surface area is 161 Å². The van der Waals surface area contributed by atoms with E-state index < -0.39 is 29.7 Å². The molecule has 0 aromatic heterocycles. The Kier molecular flexibility index (Phi) is 4.70. The number of imide groups is 2. The van der Waals surface area contributed by atoms with Gasteiger partial charge in [0.25, 0.3) is 0 Å². The van der Waals surface area contributed by atoms with Crippen LogP contribution in [0.5, 0.6) is 0 Å². The van der Waals surface area contributed by atoms with Gasteiger partial charge in [0.05, 0.1) is 18.4 Å². The molecule has 1 aromatic carbocycles. The fourth-order valence-corrected chi connectivity index (χ4v) is 4.57. The Morgan fingerprint density at radius 2 is 2.07 bits per heavy atom. The molecule has 1 N–H and O–H groups in total. The summed E-state index contributed by atoms with van der Waals surface area (Å²) in [5.74, 6) is -2.00. The van der Waals surface area contributed by atoms with Gasteiger partial charge in [-0.25, -0.2) is 9.59 Å². The smallest absolute Gasteiger partial charge is 0.337 e. The number of carbonyl (C=O) groups excluding carboxylic acids is 4. The zero-order valence-electron chi connectivity index (χ0n) is 15.5. The van der Waals surface area contributed by atoms with E-state index in [1.54, 1.807) is 18.2 Å². The molecule has 1 saturated heterocycles. The molecule has 8 heteroatoms. The number of nitrogens with zero attached hydrogens (tertiary/aromatic N) is 2. The van der Waals surface area contributed by atoms with E-state index in [9.17, 15) is 19.2 Å². The van der Waals surface area contributed by atoms with Crippen LogP contribution in [0.3, 0.4) is 0 Å². The van der Waals surface area contributed by atoms with Gasteiger partial charge in [-0.2, -0.15) is 0 Å². The molecule has 1 heterocycles. The number of urea groups is 1. The lowest BCUT2D eigenvalue weighted by Gasteiger charge is -2.36. The number of carbonyl (C=O) groups is 4. The number of ether oxygens (including phenoxy) is 1. The van der Waals surface area contributed by atoms with E-state index in [4.69, 9.17) is 0 Å². The van der Waals surface area contributed by atoms with Crippen LogP contribution in [-0.2, 0) is 14.3 Å². The van der Waals surface area contributed by atoms with Crippen molar-refractivity contribution in [3.8, 4) is 0 Å². The zero-order valence-corrected chi connectivity index (χ0v) is 15.5. The Balaban J connectivity index is 1.54. The highest BCUT2D eigenvalue weighted by Crippen LogP contribution is 2.47. The molecule has 1 aliphatic heterocycles. The van der Waals surface area contributed by atoms with Gasteiger partial charge in [0.15, 0.2) is 5.92 Å². The van der Waals surface area contributed by atoms with Crippen LogP contribution >= 0.6 is 0 Å². The second-order valence-corrected chi connectivity index (χ2v) is 7.54. The molecular formula is C20H21N3O5. The van der Waals surface area contributed by atoms with Crippen molar-refractivity contribution in [3.05, 3.63) is 29.8 Å². The third-order valence-corrected chi connectivity index (χ3v) is 5.91. The van der Waals surface area contributed by atoms with Crippen molar-refractivity contribution in [2.75, 3.05) is 7.11 Å². The Morgan fingerprint density at radius 3 is 2.75 bits per heavy atom. The summed E-state index contributed by atoms with van der Waals surface area (Å²) in [6.07, 6.45) is 5.24.